The number of amides is 1. The van der Waals surface area contributed by atoms with Crippen LogP contribution in [0.15, 0.2) is 35.1 Å². The minimum Gasteiger partial charge on any atom is -0.508 e. The molecule has 1 aromatic rings. The zero-order chi connectivity index (χ0) is 23.9. The van der Waals surface area contributed by atoms with Crippen LogP contribution in [0.4, 0.5) is 0 Å². The topological polar surface area (TPSA) is 183 Å². The lowest BCUT2D eigenvalue weighted by molar-refractivity contribution is -0.880. The van der Waals surface area contributed by atoms with Crippen LogP contribution in [0.1, 0.15) is 24.5 Å². The maximum Gasteiger partial charge on any atom is 0.256 e. The van der Waals surface area contributed by atoms with Gasteiger partial charge >= 0.3 is 0 Å². The molecule has 5 atom stereocenters. The van der Waals surface area contributed by atoms with Gasteiger partial charge in [0.15, 0.2) is 11.6 Å². The van der Waals surface area contributed by atoms with Crippen molar-refractivity contribution in [2.75, 3.05) is 14.1 Å². The first-order valence-electron chi connectivity index (χ1n) is 10.1. The average Bonchev–Trinajstić information content (AvgIpc) is 2.68. The van der Waals surface area contributed by atoms with Crippen LogP contribution in [0, 0.1) is 11.8 Å². The number of rotatable bonds is 2. The third-order valence-corrected chi connectivity index (χ3v) is 7.12. The quantitative estimate of drug-likeness (QED) is 0.260. The van der Waals surface area contributed by atoms with Gasteiger partial charge in [0, 0.05) is 11.5 Å². The SMILES string of the molecule is C[NH+](C)[C@@H]1C(=O)C(C(N)=O)=C(O)[C@@]2(O)C(=O)C3=C(O)c4c(O)cccc4[C@@](C)(O)[C@@H]3C[C@@H]12. The van der Waals surface area contributed by atoms with Crippen molar-refractivity contribution in [1.29, 1.82) is 0 Å². The number of fused-ring (bicyclic) bond motifs is 3. The Hall–Kier alpha value is -3.21. The molecule has 4 rings (SSSR count). The molecule has 0 aliphatic heterocycles. The maximum absolute atomic E-state index is 13.7. The van der Waals surface area contributed by atoms with Crippen LogP contribution in [0.5, 0.6) is 5.75 Å². The number of nitrogens with two attached hydrogens (primary N) is 1. The Bertz CT molecular complexity index is 1150. The van der Waals surface area contributed by atoms with Crippen LogP contribution in [0.25, 0.3) is 5.76 Å². The van der Waals surface area contributed by atoms with E-state index in [-0.39, 0.29) is 23.3 Å². The highest BCUT2D eigenvalue weighted by molar-refractivity contribution is 6.24. The number of aromatic hydroxyl groups is 1. The number of benzene rings is 1. The molecule has 170 valence electrons. The van der Waals surface area contributed by atoms with Crippen molar-refractivity contribution < 1.29 is 44.8 Å². The van der Waals surface area contributed by atoms with E-state index in [1.54, 1.807) is 14.1 Å². The Balaban J connectivity index is 2.05. The molecule has 0 bridgehead atoms. The number of primary amides is 1. The van der Waals surface area contributed by atoms with E-state index in [4.69, 9.17) is 5.73 Å². The largest absolute Gasteiger partial charge is 0.508 e. The lowest BCUT2D eigenvalue weighted by Gasteiger charge is -2.51. The Morgan fingerprint density at radius 3 is 2.34 bits per heavy atom. The van der Waals surface area contributed by atoms with Gasteiger partial charge in [-0.1, -0.05) is 12.1 Å². The van der Waals surface area contributed by atoms with Crippen LogP contribution in [-0.2, 0) is 20.0 Å². The van der Waals surface area contributed by atoms with Crippen molar-refractivity contribution in [3.05, 3.63) is 46.2 Å². The van der Waals surface area contributed by atoms with Crippen molar-refractivity contribution in [3.8, 4) is 5.75 Å². The highest BCUT2D eigenvalue weighted by Gasteiger charge is 2.67. The number of aliphatic hydroxyl groups excluding tert-OH is 2. The predicted octanol–water partition coefficient (Wildman–Crippen LogP) is -1.79. The van der Waals surface area contributed by atoms with Crippen molar-refractivity contribution in [1.82, 2.24) is 0 Å². The van der Waals surface area contributed by atoms with Gasteiger partial charge in [0.25, 0.3) is 5.91 Å². The van der Waals surface area contributed by atoms with Crippen LogP contribution < -0.4 is 10.6 Å². The first kappa shape index (κ1) is 22.0. The van der Waals surface area contributed by atoms with E-state index in [0.29, 0.717) is 4.90 Å². The molecule has 1 aromatic carbocycles. The molecule has 0 aromatic heterocycles. The highest BCUT2D eigenvalue weighted by atomic mass is 16.3. The number of carbonyl (C=O) groups excluding carboxylic acids is 3. The number of likely N-dealkylation sites (N-methyl/N-ethyl adjacent to an activating group) is 1. The van der Waals surface area contributed by atoms with E-state index >= 15 is 0 Å². The monoisotopic (exact) mass is 445 g/mol. The molecule has 1 amide bonds. The Labute approximate surface area is 182 Å². The smallest absolute Gasteiger partial charge is 0.256 e. The van der Waals surface area contributed by atoms with Crippen molar-refractivity contribution in [2.45, 2.75) is 30.6 Å². The molecular weight excluding hydrogens is 420 g/mol. The van der Waals surface area contributed by atoms with E-state index in [9.17, 15) is 39.9 Å². The lowest BCUT2D eigenvalue weighted by Crippen LogP contribution is -3.13. The van der Waals surface area contributed by atoms with Gasteiger partial charge in [-0.25, -0.2) is 0 Å². The first-order chi connectivity index (χ1) is 14.8. The molecule has 3 aliphatic rings. The Morgan fingerprint density at radius 1 is 1.16 bits per heavy atom. The number of aliphatic hydroxyl groups is 4. The van der Waals surface area contributed by atoms with E-state index in [2.05, 4.69) is 0 Å². The zero-order valence-corrected chi connectivity index (χ0v) is 17.7. The highest BCUT2D eigenvalue weighted by Crippen LogP contribution is 2.56. The molecule has 32 heavy (non-hydrogen) atoms. The van der Waals surface area contributed by atoms with Gasteiger partial charge in [-0.05, 0) is 25.0 Å². The van der Waals surface area contributed by atoms with E-state index in [1.165, 1.54) is 25.1 Å². The summed E-state index contributed by atoms with van der Waals surface area (Å²) in [6, 6.07) is 3.11. The van der Waals surface area contributed by atoms with E-state index in [0.717, 1.165) is 0 Å². The molecular formula is C22H25N2O8+. The fourth-order valence-electron chi connectivity index (χ4n) is 5.60. The number of phenols is 1. The van der Waals surface area contributed by atoms with Crippen molar-refractivity contribution >= 4 is 23.2 Å². The minimum atomic E-state index is -2.72. The first-order valence-corrected chi connectivity index (χ1v) is 10.1. The predicted molar refractivity (Wildman–Crippen MR) is 109 cm³/mol. The number of hydrogen-bond donors (Lipinski definition) is 7. The van der Waals surface area contributed by atoms with Crippen LogP contribution >= 0.6 is 0 Å². The molecule has 0 spiro atoms. The lowest BCUT2D eigenvalue weighted by atomic mass is 9.54. The second-order valence-electron chi connectivity index (χ2n) is 9.11. The van der Waals surface area contributed by atoms with Crippen LogP contribution in [0.2, 0.25) is 0 Å². The third-order valence-electron chi connectivity index (χ3n) is 7.12. The summed E-state index contributed by atoms with van der Waals surface area (Å²) in [5.74, 6) is -7.76. The van der Waals surface area contributed by atoms with Crippen molar-refractivity contribution in [2.24, 2.45) is 17.6 Å². The number of quaternary nitrogens is 1. The molecule has 0 saturated heterocycles. The van der Waals surface area contributed by atoms with Gasteiger partial charge in [-0.3, -0.25) is 14.4 Å². The molecule has 3 aliphatic carbocycles. The normalized spacial score (nSPS) is 34.4. The summed E-state index contributed by atoms with van der Waals surface area (Å²) in [6.45, 7) is 1.41. The molecule has 1 fully saturated rings. The number of Topliss-reactive ketones (excluding diaryl/α,β-unsaturated/α-hetero) is 2. The number of carbonyl (C=O) groups is 3. The Morgan fingerprint density at radius 2 is 1.78 bits per heavy atom. The molecule has 10 nitrogen and oxygen atoms in total. The summed E-state index contributed by atoms with van der Waals surface area (Å²) in [4.78, 5) is 39.1. The summed E-state index contributed by atoms with van der Waals surface area (Å²) in [5, 5.41) is 54.9. The van der Waals surface area contributed by atoms with Gasteiger partial charge in [0.2, 0.25) is 11.6 Å². The standard InChI is InChI=1S/C22H24N2O8/c1-21(31)8-5-4-6-11(25)12(8)16(26)13-9(21)7-10-15(24(2)3)17(27)14(20(23)30)19(29)22(10,32)18(13)28/h4-6,9-10,15,25-26,29,31-32H,7H2,1-3H3,(H2,23,30)/p+1/t9-,10+,15+,21-,22+/m1/s1. The fraction of sp³-hybridized carbons (Fsp3) is 0.409. The van der Waals surface area contributed by atoms with Gasteiger partial charge in [0.1, 0.15) is 22.8 Å². The van der Waals surface area contributed by atoms with Crippen molar-refractivity contribution in [3.63, 3.8) is 0 Å². The van der Waals surface area contributed by atoms with Gasteiger partial charge in [-0.15, -0.1) is 0 Å². The van der Waals surface area contributed by atoms with Gasteiger partial charge in [-0.2, -0.15) is 0 Å². The maximum atomic E-state index is 13.7. The molecule has 0 heterocycles. The number of hydrogen-bond acceptors (Lipinski definition) is 8. The molecule has 0 radical (unpaired) electrons. The second kappa shape index (κ2) is 6.64. The number of nitrogens with one attached hydrogen (secondary N) is 1. The van der Waals surface area contributed by atoms with Gasteiger partial charge in [0.05, 0.1) is 31.2 Å². The summed E-state index contributed by atoms with van der Waals surface area (Å²) < 4.78 is 0. The second-order valence-corrected chi connectivity index (χ2v) is 9.11. The summed E-state index contributed by atoms with van der Waals surface area (Å²) in [5.41, 5.74) is -0.466. The minimum absolute atomic E-state index is 0.167. The average molecular weight is 445 g/mol. The molecule has 0 unspecified atom stereocenters. The van der Waals surface area contributed by atoms with Crippen LogP contribution in [-0.4, -0.2) is 68.7 Å². The van der Waals surface area contributed by atoms with E-state index < -0.39 is 69.2 Å². The zero-order valence-electron chi connectivity index (χ0n) is 17.7. The molecule has 8 N–H and O–H groups in total. The summed E-state index contributed by atoms with van der Waals surface area (Å²) in [7, 11) is 3.17. The van der Waals surface area contributed by atoms with Gasteiger partial charge < -0.3 is 36.2 Å². The fourth-order valence-corrected chi connectivity index (χ4v) is 5.60. The van der Waals surface area contributed by atoms with E-state index in [1.807, 2.05) is 0 Å². The molecule has 10 heteroatoms. The summed E-state index contributed by atoms with van der Waals surface area (Å²) in [6.07, 6.45) is -0.179. The Kier molecular flexibility index (Phi) is 4.57. The third kappa shape index (κ3) is 2.48. The number of ketones is 2. The number of phenolic OH excluding ortho intramolecular Hbond substituents is 1. The molecule has 1 saturated carbocycles. The van der Waals surface area contributed by atoms with Crippen LogP contribution in [0.3, 0.4) is 0 Å². The summed E-state index contributed by atoms with van der Waals surface area (Å²) >= 11 is 0.